The van der Waals surface area contributed by atoms with Crippen molar-refractivity contribution in [1.29, 1.82) is 5.26 Å². The van der Waals surface area contributed by atoms with E-state index in [1.54, 1.807) is 13.0 Å². The highest BCUT2D eigenvalue weighted by atomic mass is 16.5. The molecule has 5 nitrogen and oxygen atoms in total. The number of hydrogen-bond acceptors (Lipinski definition) is 4. The summed E-state index contributed by atoms with van der Waals surface area (Å²) < 4.78 is 10.2. The van der Waals surface area contributed by atoms with Crippen molar-refractivity contribution < 1.29 is 19.4 Å². The van der Waals surface area contributed by atoms with Crippen molar-refractivity contribution in [3.8, 4) is 6.07 Å². The first-order chi connectivity index (χ1) is 8.17. The summed E-state index contributed by atoms with van der Waals surface area (Å²) in [6.45, 7) is 5.16. The van der Waals surface area contributed by atoms with Crippen LogP contribution in [0.1, 0.15) is 33.1 Å². The molecule has 0 heterocycles. The Morgan fingerprint density at radius 2 is 2.06 bits per heavy atom. The van der Waals surface area contributed by atoms with Gasteiger partial charge in [0.25, 0.3) is 0 Å². The molecule has 0 aromatic carbocycles. The monoisotopic (exact) mass is 241 g/mol. The van der Waals surface area contributed by atoms with Crippen LogP contribution in [0, 0.1) is 11.3 Å². The molecule has 0 saturated carbocycles. The fourth-order valence-electron chi connectivity index (χ4n) is 1.25. The van der Waals surface area contributed by atoms with Gasteiger partial charge in [0.05, 0.1) is 12.2 Å². The Hall–Kier alpha value is -1.54. The fraction of sp³-hybridized carbons (Fsp3) is 0.667. The second kappa shape index (κ2) is 9.67. The maximum Gasteiger partial charge on any atom is 0.336 e. The van der Waals surface area contributed by atoms with E-state index >= 15 is 0 Å². The highest BCUT2D eigenvalue weighted by molar-refractivity contribution is 5.87. The van der Waals surface area contributed by atoms with Crippen molar-refractivity contribution in [2.24, 2.45) is 0 Å². The Morgan fingerprint density at radius 1 is 1.35 bits per heavy atom. The van der Waals surface area contributed by atoms with E-state index in [0.717, 1.165) is 6.42 Å². The standard InChI is InChI=1S/C12H19NO4/c1-3-7-16-8-5-6-10(12(14)15)11(9-13)17-4-2/h3-8H2,1-2H3,(H,14,15). The maximum atomic E-state index is 11.0. The molecule has 1 N–H and O–H groups in total. The van der Waals surface area contributed by atoms with E-state index < -0.39 is 5.97 Å². The first-order valence-electron chi connectivity index (χ1n) is 5.74. The van der Waals surface area contributed by atoms with Gasteiger partial charge < -0.3 is 14.6 Å². The number of nitrogens with zero attached hydrogens (tertiary/aromatic N) is 1. The number of carbonyl (C=O) groups is 1. The SMILES string of the molecule is CCCOCCCC(C(=O)O)=C(C#N)OCC. The molecule has 0 aliphatic rings. The van der Waals surface area contributed by atoms with Gasteiger partial charge in [-0.15, -0.1) is 0 Å². The zero-order valence-corrected chi connectivity index (χ0v) is 10.4. The highest BCUT2D eigenvalue weighted by Crippen LogP contribution is 2.13. The molecule has 0 radical (unpaired) electrons. The molecule has 0 atom stereocenters. The summed E-state index contributed by atoms with van der Waals surface area (Å²) in [5, 5.41) is 17.8. The topological polar surface area (TPSA) is 79.5 Å². The van der Waals surface area contributed by atoms with Crippen LogP contribution in [0.2, 0.25) is 0 Å². The van der Waals surface area contributed by atoms with Crippen molar-refractivity contribution in [1.82, 2.24) is 0 Å². The number of nitriles is 1. The summed E-state index contributed by atoms with van der Waals surface area (Å²) in [5.41, 5.74) is 0.0226. The summed E-state index contributed by atoms with van der Waals surface area (Å²) in [4.78, 5) is 11.0. The largest absolute Gasteiger partial charge is 0.484 e. The molecule has 0 unspecified atom stereocenters. The van der Waals surface area contributed by atoms with Gasteiger partial charge in [-0.1, -0.05) is 6.92 Å². The molecule has 0 aromatic rings. The van der Waals surface area contributed by atoms with Crippen molar-refractivity contribution >= 4 is 5.97 Å². The average molecular weight is 241 g/mol. The first kappa shape index (κ1) is 15.5. The number of hydrogen-bond donors (Lipinski definition) is 1. The van der Waals surface area contributed by atoms with Crippen LogP contribution in [0.15, 0.2) is 11.3 Å². The summed E-state index contributed by atoms with van der Waals surface area (Å²) in [7, 11) is 0. The van der Waals surface area contributed by atoms with Crippen LogP contribution in [0.4, 0.5) is 0 Å². The smallest absolute Gasteiger partial charge is 0.336 e. The second-order valence-electron chi connectivity index (χ2n) is 3.37. The van der Waals surface area contributed by atoms with E-state index in [-0.39, 0.29) is 24.4 Å². The molecule has 17 heavy (non-hydrogen) atoms. The van der Waals surface area contributed by atoms with E-state index in [0.29, 0.717) is 19.6 Å². The van der Waals surface area contributed by atoms with Gasteiger partial charge in [-0.25, -0.2) is 4.79 Å². The van der Waals surface area contributed by atoms with Crippen molar-refractivity contribution in [3.05, 3.63) is 11.3 Å². The fourth-order valence-corrected chi connectivity index (χ4v) is 1.25. The molecular formula is C12H19NO4. The molecule has 0 aliphatic carbocycles. The molecule has 0 bridgehead atoms. The number of rotatable bonds is 9. The van der Waals surface area contributed by atoms with Crippen molar-refractivity contribution in [3.63, 3.8) is 0 Å². The lowest BCUT2D eigenvalue weighted by Crippen LogP contribution is -2.08. The van der Waals surface area contributed by atoms with Gasteiger partial charge in [0, 0.05) is 13.2 Å². The Kier molecular flexibility index (Phi) is 8.79. The molecule has 0 fully saturated rings. The number of carboxylic acids is 1. The first-order valence-corrected chi connectivity index (χ1v) is 5.74. The van der Waals surface area contributed by atoms with E-state index in [4.69, 9.17) is 19.8 Å². The molecule has 0 amide bonds. The number of aliphatic carboxylic acids is 1. The summed E-state index contributed by atoms with van der Waals surface area (Å²) in [6.07, 6.45) is 1.78. The van der Waals surface area contributed by atoms with Crippen molar-refractivity contribution in [2.45, 2.75) is 33.1 Å². The van der Waals surface area contributed by atoms with Crippen molar-refractivity contribution in [2.75, 3.05) is 19.8 Å². The van der Waals surface area contributed by atoms with Gasteiger partial charge >= 0.3 is 5.97 Å². The maximum absolute atomic E-state index is 11.0. The van der Waals surface area contributed by atoms with Gasteiger partial charge in [-0.3, -0.25) is 0 Å². The highest BCUT2D eigenvalue weighted by Gasteiger charge is 2.15. The summed E-state index contributed by atoms with van der Waals surface area (Å²) in [5.74, 6) is -1.21. The minimum atomic E-state index is -1.11. The number of carboxylic acid groups (broad SMARTS) is 1. The summed E-state index contributed by atoms with van der Waals surface area (Å²) >= 11 is 0. The predicted octanol–water partition coefficient (Wildman–Crippen LogP) is 2.09. The molecular weight excluding hydrogens is 222 g/mol. The van der Waals surface area contributed by atoms with E-state index in [2.05, 4.69) is 0 Å². The third kappa shape index (κ3) is 6.59. The van der Waals surface area contributed by atoms with E-state index in [1.807, 2.05) is 6.92 Å². The van der Waals surface area contributed by atoms with Gasteiger partial charge in [0.15, 0.2) is 0 Å². The van der Waals surface area contributed by atoms with Crippen LogP contribution < -0.4 is 0 Å². The molecule has 5 heteroatoms. The Morgan fingerprint density at radius 3 is 2.53 bits per heavy atom. The zero-order chi connectivity index (χ0) is 13.1. The zero-order valence-electron chi connectivity index (χ0n) is 10.4. The predicted molar refractivity (Wildman–Crippen MR) is 62.2 cm³/mol. The third-order valence-corrected chi connectivity index (χ3v) is 1.99. The molecule has 0 aromatic heterocycles. The Labute approximate surface area is 102 Å². The lowest BCUT2D eigenvalue weighted by atomic mass is 10.1. The van der Waals surface area contributed by atoms with Gasteiger partial charge in [-0.05, 0) is 26.2 Å². The molecule has 0 rings (SSSR count). The second-order valence-corrected chi connectivity index (χ2v) is 3.37. The van der Waals surface area contributed by atoms with Crippen LogP contribution in [-0.4, -0.2) is 30.9 Å². The van der Waals surface area contributed by atoms with Crippen LogP contribution in [0.5, 0.6) is 0 Å². The molecule has 0 spiro atoms. The van der Waals surface area contributed by atoms with Crippen LogP contribution in [0.3, 0.4) is 0 Å². The minimum absolute atomic E-state index is 0.0226. The Balaban J connectivity index is 4.34. The van der Waals surface area contributed by atoms with Crippen LogP contribution in [-0.2, 0) is 14.3 Å². The molecule has 0 saturated heterocycles. The van der Waals surface area contributed by atoms with Crippen LogP contribution in [0.25, 0.3) is 0 Å². The Bertz CT molecular complexity index is 304. The van der Waals surface area contributed by atoms with E-state index in [1.165, 1.54) is 0 Å². The van der Waals surface area contributed by atoms with Gasteiger partial charge in [0.1, 0.15) is 6.07 Å². The van der Waals surface area contributed by atoms with Gasteiger partial charge in [-0.2, -0.15) is 5.26 Å². The van der Waals surface area contributed by atoms with Gasteiger partial charge in [0.2, 0.25) is 5.76 Å². The quantitative estimate of drug-likeness (QED) is 0.289. The number of ether oxygens (including phenoxy) is 2. The average Bonchev–Trinajstić information content (AvgIpc) is 2.31. The van der Waals surface area contributed by atoms with E-state index in [9.17, 15) is 4.79 Å². The lowest BCUT2D eigenvalue weighted by molar-refractivity contribution is -0.133. The molecule has 96 valence electrons. The minimum Gasteiger partial charge on any atom is -0.484 e. The molecule has 0 aliphatic heterocycles. The number of allylic oxidation sites excluding steroid dienone is 1. The summed E-state index contributed by atoms with van der Waals surface area (Å²) in [6, 6.07) is 1.77. The normalized spacial score (nSPS) is 11.6. The lowest BCUT2D eigenvalue weighted by Gasteiger charge is -2.07. The third-order valence-electron chi connectivity index (χ3n) is 1.99. The van der Waals surface area contributed by atoms with Crippen LogP contribution >= 0.6 is 0 Å².